The molecule has 1 heterocycles. The highest BCUT2D eigenvalue weighted by Gasteiger charge is 2.25. The van der Waals surface area contributed by atoms with E-state index in [9.17, 15) is 9.59 Å². The molecule has 1 rings (SSSR count). The summed E-state index contributed by atoms with van der Waals surface area (Å²) < 4.78 is 0. The van der Waals surface area contributed by atoms with Gasteiger partial charge < -0.3 is 9.90 Å². The molecule has 0 aromatic carbocycles. The predicted octanol–water partition coefficient (Wildman–Crippen LogP) is -1.70. The number of urea groups is 1. The van der Waals surface area contributed by atoms with E-state index in [-0.39, 0.29) is 12.5 Å². The van der Waals surface area contributed by atoms with Crippen LogP contribution in [0.2, 0.25) is 0 Å². The van der Waals surface area contributed by atoms with E-state index < -0.39 is 12.8 Å². The van der Waals surface area contributed by atoms with Gasteiger partial charge in [-0.15, -0.1) is 0 Å². The molecule has 11 heavy (non-hydrogen) atoms. The largest absolute Gasteiger partial charge is 0.376 e. The van der Waals surface area contributed by atoms with Crippen LogP contribution in [0.25, 0.3) is 0 Å². The molecular weight excluding hydrogens is 152 g/mol. The number of nitrogens with zero attached hydrogens (tertiary/aromatic N) is 1. The molecule has 0 saturated carbocycles. The molecule has 1 aliphatic rings. The summed E-state index contributed by atoms with van der Waals surface area (Å²) in [4.78, 5) is 29.8. The Labute approximate surface area is 62.8 Å². The average Bonchev–Trinajstić information content (AvgIpc) is 2.33. The van der Waals surface area contributed by atoms with Crippen molar-refractivity contribution in [3.8, 4) is 0 Å². The number of nitrogens with one attached hydrogen (secondary N) is 1. The summed E-state index contributed by atoms with van der Waals surface area (Å²) >= 11 is 0. The molecule has 0 spiro atoms. The monoisotopic (exact) mass is 160 g/mol. The molecule has 3 amide bonds. The lowest BCUT2D eigenvalue weighted by Gasteiger charge is -2.05. The quantitative estimate of drug-likeness (QED) is 0.448. The maximum Gasteiger partial charge on any atom is 0.326 e. The van der Waals surface area contributed by atoms with E-state index in [1.165, 1.54) is 0 Å². The molecular formula is C5H8N2O4. The zero-order chi connectivity index (χ0) is 8.85. The fraction of sp³-hybridized carbons (Fsp3) is 0.400. The van der Waals surface area contributed by atoms with Crippen LogP contribution in [0, 0.1) is 0 Å². The molecule has 0 unspecified atom stereocenters. The number of aliphatic hydroxyl groups excluding tert-OH is 1. The van der Waals surface area contributed by atoms with E-state index in [4.69, 9.17) is 9.90 Å². The molecule has 1 saturated heterocycles. The van der Waals surface area contributed by atoms with Crippen molar-refractivity contribution in [3.63, 3.8) is 0 Å². The minimum absolute atomic E-state index is 0.0324. The Morgan fingerprint density at radius 2 is 2.09 bits per heavy atom. The molecule has 6 nitrogen and oxygen atoms in total. The Balaban J connectivity index is 0.000000461. The van der Waals surface area contributed by atoms with Gasteiger partial charge in [0, 0.05) is 0 Å². The fourth-order valence-corrected chi connectivity index (χ4v) is 0.597. The summed E-state index contributed by atoms with van der Waals surface area (Å²) in [6.45, 7) is 1.56. The number of hydrogen-bond donors (Lipinski definition) is 2. The van der Waals surface area contributed by atoms with E-state index in [2.05, 4.69) is 0 Å². The van der Waals surface area contributed by atoms with Crippen molar-refractivity contribution < 1.29 is 19.5 Å². The van der Waals surface area contributed by atoms with Crippen molar-refractivity contribution in [2.75, 3.05) is 13.3 Å². The molecule has 0 radical (unpaired) electrons. The first-order valence-corrected chi connectivity index (χ1v) is 2.72. The van der Waals surface area contributed by atoms with Crippen molar-refractivity contribution in [1.82, 2.24) is 10.2 Å². The average molecular weight is 160 g/mol. The molecule has 0 aromatic heterocycles. The second-order valence-corrected chi connectivity index (χ2v) is 1.69. The van der Waals surface area contributed by atoms with Crippen LogP contribution in [0.5, 0.6) is 0 Å². The third kappa shape index (κ3) is 2.34. The van der Waals surface area contributed by atoms with Crippen LogP contribution in [0.15, 0.2) is 0 Å². The minimum Gasteiger partial charge on any atom is -0.376 e. The molecule has 1 fully saturated rings. The zero-order valence-corrected chi connectivity index (χ0v) is 5.74. The lowest BCUT2D eigenvalue weighted by molar-refractivity contribution is -0.118. The van der Waals surface area contributed by atoms with Gasteiger partial charge in [-0.1, -0.05) is 0 Å². The summed E-state index contributed by atoms with van der Waals surface area (Å²) in [6.07, 6.45) is 0. The van der Waals surface area contributed by atoms with E-state index >= 15 is 0 Å². The smallest absolute Gasteiger partial charge is 0.326 e. The first kappa shape index (κ1) is 9.57. The summed E-state index contributed by atoms with van der Waals surface area (Å²) in [5.41, 5.74) is 0. The van der Waals surface area contributed by atoms with Gasteiger partial charge in [-0.05, 0) is 0 Å². The molecule has 0 aliphatic carbocycles. The van der Waals surface area contributed by atoms with Crippen molar-refractivity contribution in [2.45, 2.75) is 0 Å². The summed E-state index contributed by atoms with van der Waals surface area (Å²) in [7, 11) is 0. The molecule has 1 aliphatic heterocycles. The van der Waals surface area contributed by atoms with Gasteiger partial charge >= 0.3 is 6.03 Å². The second-order valence-electron chi connectivity index (χ2n) is 1.69. The Hall–Kier alpha value is -1.43. The zero-order valence-electron chi connectivity index (χ0n) is 5.74. The van der Waals surface area contributed by atoms with Gasteiger partial charge in [0.25, 0.3) is 0 Å². The van der Waals surface area contributed by atoms with E-state index in [0.29, 0.717) is 0 Å². The van der Waals surface area contributed by atoms with Gasteiger partial charge in [0.15, 0.2) is 0 Å². The number of rotatable bonds is 1. The molecule has 2 N–H and O–H groups in total. The Kier molecular flexibility index (Phi) is 3.82. The van der Waals surface area contributed by atoms with E-state index in [1.807, 2.05) is 12.1 Å². The minimum atomic E-state index is -0.525. The Morgan fingerprint density at radius 1 is 1.55 bits per heavy atom. The molecule has 0 bridgehead atoms. The maximum absolute atomic E-state index is 10.4. The number of carbonyl (C=O) groups is 3. The third-order valence-electron chi connectivity index (χ3n) is 1.04. The first-order chi connectivity index (χ1) is 5.24. The lowest BCUT2D eigenvalue weighted by atomic mass is 10.6. The van der Waals surface area contributed by atoms with Crippen molar-refractivity contribution in [3.05, 3.63) is 0 Å². The maximum atomic E-state index is 10.4. The van der Waals surface area contributed by atoms with Crippen LogP contribution < -0.4 is 5.32 Å². The van der Waals surface area contributed by atoms with Crippen LogP contribution in [0.1, 0.15) is 0 Å². The molecule has 0 atom stereocenters. The highest BCUT2D eigenvalue weighted by atomic mass is 16.3. The highest BCUT2D eigenvalue weighted by molar-refractivity contribution is 6.01. The number of hydrogen-bond acceptors (Lipinski definition) is 4. The van der Waals surface area contributed by atoms with Gasteiger partial charge in [-0.3, -0.25) is 15.0 Å². The lowest BCUT2D eigenvalue weighted by Crippen LogP contribution is -2.28. The Bertz CT molecular complexity index is 170. The third-order valence-corrected chi connectivity index (χ3v) is 1.04. The number of carbonyl (C=O) groups excluding carboxylic acids is 3. The molecule has 62 valence electrons. The van der Waals surface area contributed by atoms with Gasteiger partial charge in [-0.2, -0.15) is 0 Å². The van der Waals surface area contributed by atoms with Crippen molar-refractivity contribution in [2.24, 2.45) is 0 Å². The van der Waals surface area contributed by atoms with Crippen LogP contribution in [0.3, 0.4) is 0 Å². The van der Waals surface area contributed by atoms with Crippen LogP contribution in [-0.4, -0.2) is 42.0 Å². The van der Waals surface area contributed by atoms with E-state index in [1.54, 1.807) is 0 Å². The first-order valence-electron chi connectivity index (χ1n) is 2.72. The number of amides is 3. The van der Waals surface area contributed by atoms with Crippen LogP contribution >= 0.6 is 0 Å². The van der Waals surface area contributed by atoms with Crippen molar-refractivity contribution >= 4 is 18.7 Å². The van der Waals surface area contributed by atoms with Crippen LogP contribution in [0.4, 0.5) is 4.79 Å². The van der Waals surface area contributed by atoms with Crippen LogP contribution in [-0.2, 0) is 9.59 Å². The summed E-state index contributed by atoms with van der Waals surface area (Å²) in [5, 5.41) is 10.4. The number of aliphatic hydroxyl groups is 1. The van der Waals surface area contributed by atoms with Gasteiger partial charge in [-0.25, -0.2) is 4.79 Å². The number of imide groups is 1. The normalized spacial score (nSPS) is 15.5. The second kappa shape index (κ2) is 4.40. The standard InChI is InChI=1S/C4H6N2O3.CH2O/c7-2-6-1-3(8)5-4(6)9;1-2/h7H,1-2H2,(H,5,8,9);1H2. The SMILES string of the molecule is C=O.O=C1CN(CO)C(=O)N1. The molecule has 6 heteroatoms. The highest BCUT2D eigenvalue weighted by Crippen LogP contribution is 1.93. The van der Waals surface area contributed by atoms with Gasteiger partial charge in [0.1, 0.15) is 20.1 Å². The van der Waals surface area contributed by atoms with Crippen molar-refractivity contribution in [1.29, 1.82) is 0 Å². The predicted molar refractivity (Wildman–Crippen MR) is 34.5 cm³/mol. The van der Waals surface area contributed by atoms with Gasteiger partial charge in [0.2, 0.25) is 5.91 Å². The fourth-order valence-electron chi connectivity index (χ4n) is 0.597. The Morgan fingerprint density at radius 3 is 2.27 bits per heavy atom. The molecule has 0 aromatic rings. The summed E-state index contributed by atoms with van der Waals surface area (Å²) in [6, 6.07) is -0.525. The summed E-state index contributed by atoms with van der Waals surface area (Å²) in [5.74, 6) is -0.367. The van der Waals surface area contributed by atoms with E-state index in [0.717, 1.165) is 4.90 Å². The topological polar surface area (TPSA) is 86.7 Å². The van der Waals surface area contributed by atoms with Gasteiger partial charge in [0.05, 0.1) is 0 Å².